The fourth-order valence-corrected chi connectivity index (χ4v) is 3.62. The summed E-state index contributed by atoms with van der Waals surface area (Å²) in [5.74, 6) is 0.404. The first-order valence-corrected chi connectivity index (χ1v) is 10.1. The SMILES string of the molecule is CO[P+](=O)c1ccc(Cc2cc(C(C)(C)C)c(O)c(C(C)(C)C)c2)cc1. The van der Waals surface area contributed by atoms with Crippen LogP contribution in [0.4, 0.5) is 0 Å². The second-order valence-corrected chi connectivity index (χ2v) is 10.2. The minimum atomic E-state index is -1.77. The van der Waals surface area contributed by atoms with Crippen LogP contribution in [0, 0.1) is 0 Å². The van der Waals surface area contributed by atoms with Gasteiger partial charge < -0.3 is 5.11 Å². The molecule has 0 aliphatic carbocycles. The predicted molar refractivity (Wildman–Crippen MR) is 109 cm³/mol. The number of rotatable bonds is 4. The summed E-state index contributed by atoms with van der Waals surface area (Å²) >= 11 is 0. The van der Waals surface area contributed by atoms with E-state index in [9.17, 15) is 9.67 Å². The van der Waals surface area contributed by atoms with Crippen molar-refractivity contribution in [2.45, 2.75) is 58.8 Å². The van der Waals surface area contributed by atoms with E-state index in [2.05, 4.69) is 53.7 Å². The predicted octanol–water partition coefficient (Wildman–Crippen LogP) is 5.59. The van der Waals surface area contributed by atoms with Crippen LogP contribution in [0.5, 0.6) is 5.75 Å². The van der Waals surface area contributed by atoms with Gasteiger partial charge in [-0.25, -0.2) is 0 Å². The highest BCUT2D eigenvalue weighted by Crippen LogP contribution is 2.40. The summed E-state index contributed by atoms with van der Waals surface area (Å²) < 4.78 is 16.6. The normalized spacial score (nSPS) is 13.0. The largest absolute Gasteiger partial charge is 0.548 e. The molecule has 0 heterocycles. The molecule has 0 fully saturated rings. The van der Waals surface area contributed by atoms with E-state index in [0.717, 1.165) is 23.1 Å². The number of hydrogen-bond acceptors (Lipinski definition) is 3. The first-order valence-electron chi connectivity index (χ1n) is 8.90. The average Bonchev–Trinajstić information content (AvgIpc) is 2.54. The summed E-state index contributed by atoms with van der Waals surface area (Å²) in [6.07, 6.45) is 0.760. The van der Waals surface area contributed by atoms with Gasteiger partial charge in [0, 0.05) is 0 Å². The van der Waals surface area contributed by atoms with Crippen LogP contribution in [0.1, 0.15) is 63.8 Å². The van der Waals surface area contributed by atoms with Crippen LogP contribution in [0.25, 0.3) is 0 Å². The zero-order valence-electron chi connectivity index (χ0n) is 16.9. The lowest BCUT2D eigenvalue weighted by molar-refractivity contribution is 0.422. The Hall–Kier alpha value is -1.70. The molecule has 1 N–H and O–H groups in total. The molecule has 0 spiro atoms. The van der Waals surface area contributed by atoms with Crippen LogP contribution in [-0.2, 0) is 26.3 Å². The van der Waals surface area contributed by atoms with E-state index in [4.69, 9.17) is 4.52 Å². The molecule has 0 aliphatic rings. The maximum Gasteiger partial charge on any atom is 0.548 e. The molecule has 140 valence electrons. The average molecular weight is 373 g/mol. The molecular weight excluding hydrogens is 343 g/mol. The van der Waals surface area contributed by atoms with Crippen molar-refractivity contribution in [2.24, 2.45) is 0 Å². The molecule has 26 heavy (non-hydrogen) atoms. The summed E-state index contributed by atoms with van der Waals surface area (Å²) in [4.78, 5) is 0. The molecule has 1 atom stereocenters. The number of benzene rings is 2. The number of phenols is 1. The first-order chi connectivity index (χ1) is 11.9. The van der Waals surface area contributed by atoms with E-state index >= 15 is 0 Å². The number of aromatic hydroxyl groups is 1. The van der Waals surface area contributed by atoms with Gasteiger partial charge in [-0.3, -0.25) is 0 Å². The Kier molecular flexibility index (Phi) is 5.95. The Morgan fingerprint density at radius 1 is 0.885 bits per heavy atom. The topological polar surface area (TPSA) is 46.5 Å². The molecule has 4 heteroatoms. The molecule has 3 nitrogen and oxygen atoms in total. The maximum atomic E-state index is 11.7. The van der Waals surface area contributed by atoms with Gasteiger partial charge >= 0.3 is 8.03 Å². The van der Waals surface area contributed by atoms with Crippen LogP contribution < -0.4 is 5.30 Å². The van der Waals surface area contributed by atoms with E-state index in [1.165, 1.54) is 12.7 Å². The lowest BCUT2D eigenvalue weighted by atomic mass is 9.78. The van der Waals surface area contributed by atoms with Gasteiger partial charge in [0.1, 0.15) is 5.75 Å². The molecular formula is C22H30O3P+. The van der Waals surface area contributed by atoms with E-state index in [1.807, 2.05) is 24.3 Å². The Bertz CT molecular complexity index is 759. The van der Waals surface area contributed by atoms with Crippen LogP contribution in [0.3, 0.4) is 0 Å². The highest BCUT2D eigenvalue weighted by atomic mass is 31.1. The molecule has 0 radical (unpaired) electrons. The summed E-state index contributed by atoms with van der Waals surface area (Å²) in [6, 6.07) is 11.9. The van der Waals surface area contributed by atoms with Crippen molar-refractivity contribution in [3.63, 3.8) is 0 Å². The van der Waals surface area contributed by atoms with Gasteiger partial charge in [0.2, 0.25) is 5.30 Å². The summed E-state index contributed by atoms with van der Waals surface area (Å²) in [5, 5.41) is 11.5. The maximum absolute atomic E-state index is 11.7. The monoisotopic (exact) mass is 373 g/mol. The van der Waals surface area contributed by atoms with Crippen LogP contribution in [0.15, 0.2) is 36.4 Å². The third-order valence-electron chi connectivity index (χ3n) is 4.51. The Morgan fingerprint density at radius 2 is 1.35 bits per heavy atom. The van der Waals surface area contributed by atoms with E-state index in [-0.39, 0.29) is 10.8 Å². The highest BCUT2D eigenvalue weighted by molar-refractivity contribution is 7.48. The van der Waals surface area contributed by atoms with Crippen molar-refractivity contribution in [3.05, 3.63) is 58.7 Å². The van der Waals surface area contributed by atoms with Gasteiger partial charge in [-0.15, -0.1) is 4.52 Å². The molecule has 2 rings (SSSR count). The van der Waals surface area contributed by atoms with Crippen LogP contribution >= 0.6 is 8.03 Å². The van der Waals surface area contributed by atoms with E-state index < -0.39 is 8.03 Å². The molecule has 1 unspecified atom stereocenters. The smallest absolute Gasteiger partial charge is 0.507 e. The zero-order chi connectivity index (χ0) is 19.7. The minimum Gasteiger partial charge on any atom is -0.507 e. The van der Waals surface area contributed by atoms with Gasteiger partial charge in [-0.05, 0) is 56.2 Å². The molecule has 0 bridgehead atoms. The molecule has 2 aromatic rings. The molecule has 0 saturated carbocycles. The summed E-state index contributed by atoms with van der Waals surface area (Å²) in [6.45, 7) is 12.7. The van der Waals surface area contributed by atoms with Gasteiger partial charge in [0.25, 0.3) is 0 Å². The lowest BCUT2D eigenvalue weighted by Gasteiger charge is -2.28. The molecule has 0 saturated heterocycles. The second kappa shape index (κ2) is 7.50. The Morgan fingerprint density at radius 3 is 1.73 bits per heavy atom. The van der Waals surface area contributed by atoms with Crippen molar-refractivity contribution in [1.29, 1.82) is 0 Å². The Balaban J connectivity index is 2.45. The number of hydrogen-bond donors (Lipinski definition) is 1. The summed E-state index contributed by atoms with van der Waals surface area (Å²) in [5.41, 5.74) is 3.97. The highest BCUT2D eigenvalue weighted by Gasteiger charge is 2.26. The van der Waals surface area contributed by atoms with Gasteiger partial charge in [-0.2, -0.15) is 0 Å². The fraction of sp³-hybridized carbons (Fsp3) is 0.455. The second-order valence-electron chi connectivity index (χ2n) is 8.82. The van der Waals surface area contributed by atoms with Crippen molar-refractivity contribution in [3.8, 4) is 5.75 Å². The van der Waals surface area contributed by atoms with Crippen LogP contribution in [-0.4, -0.2) is 12.2 Å². The quantitative estimate of drug-likeness (QED) is 0.711. The fourth-order valence-electron chi connectivity index (χ4n) is 3.02. The molecule has 0 amide bonds. The van der Waals surface area contributed by atoms with E-state index in [0.29, 0.717) is 11.1 Å². The lowest BCUT2D eigenvalue weighted by Crippen LogP contribution is -2.18. The van der Waals surface area contributed by atoms with Gasteiger partial charge in [0.15, 0.2) is 0 Å². The van der Waals surface area contributed by atoms with Crippen molar-refractivity contribution in [2.75, 3.05) is 7.11 Å². The van der Waals surface area contributed by atoms with Gasteiger partial charge in [0.05, 0.1) is 7.11 Å². The Labute approximate surface area is 158 Å². The van der Waals surface area contributed by atoms with Crippen molar-refractivity contribution >= 4 is 13.3 Å². The molecule has 0 aliphatic heterocycles. The van der Waals surface area contributed by atoms with Crippen molar-refractivity contribution in [1.82, 2.24) is 0 Å². The standard InChI is InChI=1S/C22H29O3P/c1-21(2,3)18-13-16(14-19(20(18)23)22(4,5)6)12-15-8-10-17(11-9-15)26(24)25-7/h8-11,13-14H,12H2,1-7H3/p+1. The summed E-state index contributed by atoms with van der Waals surface area (Å²) in [7, 11) is -0.324. The third kappa shape index (κ3) is 4.72. The molecule has 0 aromatic heterocycles. The van der Waals surface area contributed by atoms with Gasteiger partial charge in [-0.1, -0.05) is 65.8 Å². The minimum absolute atomic E-state index is 0.138. The first kappa shape index (κ1) is 20.6. The van der Waals surface area contributed by atoms with E-state index in [1.54, 1.807) is 0 Å². The zero-order valence-corrected chi connectivity index (χ0v) is 17.8. The molecule has 2 aromatic carbocycles. The van der Waals surface area contributed by atoms with Crippen molar-refractivity contribution < 1.29 is 14.2 Å². The van der Waals surface area contributed by atoms with Crippen LogP contribution in [0.2, 0.25) is 0 Å². The number of phenolic OH excluding ortho intramolecular Hbond substituents is 1. The third-order valence-corrected chi connectivity index (χ3v) is 5.56.